The molecule has 18 heteroatoms. The van der Waals surface area contributed by atoms with Crippen molar-refractivity contribution in [2.75, 3.05) is 35.0 Å². The highest BCUT2D eigenvalue weighted by molar-refractivity contribution is 6.06. The molecule has 0 radical (unpaired) electrons. The van der Waals surface area contributed by atoms with Crippen LogP contribution in [0, 0.1) is 0 Å². The van der Waals surface area contributed by atoms with Crippen LogP contribution in [0.1, 0.15) is 68.8 Å². The van der Waals surface area contributed by atoms with E-state index in [1.807, 2.05) is 61.5 Å². The molecule has 68 heavy (non-hydrogen) atoms. The first-order chi connectivity index (χ1) is 33.2. The lowest BCUT2D eigenvalue weighted by Gasteiger charge is -2.34. The Morgan fingerprint density at radius 3 is 1.74 bits per heavy atom. The van der Waals surface area contributed by atoms with Gasteiger partial charge in [0.25, 0.3) is 11.8 Å². The first kappa shape index (κ1) is 47.2. The highest BCUT2D eigenvalue weighted by atomic mass is 16.6. The summed E-state index contributed by atoms with van der Waals surface area (Å²) in [5.74, 6) is 1.35. The maximum atomic E-state index is 13.1. The molecule has 4 aromatic carbocycles. The number of ether oxygens (including phenoxy) is 6. The number of benzene rings is 4. The summed E-state index contributed by atoms with van der Waals surface area (Å²) < 4.78 is 32.6. The van der Waals surface area contributed by atoms with E-state index in [4.69, 9.17) is 33.5 Å². The van der Waals surface area contributed by atoms with Crippen molar-refractivity contribution < 1.29 is 47.6 Å². The highest BCUT2D eigenvalue weighted by Gasteiger charge is 2.37. The fraction of sp³-hybridized carbons (Fsp3) is 0.200. The Balaban J connectivity index is 0.000000202. The van der Waals surface area contributed by atoms with Gasteiger partial charge in [0.1, 0.15) is 29.8 Å². The largest absolute Gasteiger partial charge is 0.493 e. The first-order valence-electron chi connectivity index (χ1n) is 21.3. The Morgan fingerprint density at radius 2 is 1.18 bits per heavy atom. The molecule has 0 fully saturated rings. The zero-order valence-corrected chi connectivity index (χ0v) is 37.8. The van der Waals surface area contributed by atoms with Gasteiger partial charge in [-0.15, -0.1) is 0 Å². The molecule has 0 spiro atoms. The number of carbonyl (C=O) groups is 4. The highest BCUT2D eigenvalue weighted by Crippen LogP contribution is 2.33. The molecule has 2 N–H and O–H groups in total. The average Bonchev–Trinajstić information content (AvgIpc) is 3.40. The number of pyridine rings is 2. The van der Waals surface area contributed by atoms with Crippen LogP contribution in [0.25, 0.3) is 0 Å². The van der Waals surface area contributed by atoms with Crippen molar-refractivity contribution in [1.82, 2.24) is 30.6 Å². The van der Waals surface area contributed by atoms with E-state index in [0.29, 0.717) is 68.7 Å². The third-order valence-corrected chi connectivity index (χ3v) is 10.6. The van der Waals surface area contributed by atoms with Crippen LogP contribution in [0.4, 0.5) is 9.59 Å². The molecule has 0 saturated heterocycles. The van der Waals surface area contributed by atoms with Crippen LogP contribution in [0.5, 0.6) is 23.0 Å². The van der Waals surface area contributed by atoms with Crippen molar-refractivity contribution in [3.63, 3.8) is 0 Å². The molecule has 2 aliphatic rings. The van der Waals surface area contributed by atoms with Gasteiger partial charge in [-0.2, -0.15) is 20.2 Å². The monoisotopic (exact) mass is 920 g/mol. The van der Waals surface area contributed by atoms with E-state index >= 15 is 0 Å². The summed E-state index contributed by atoms with van der Waals surface area (Å²) in [5, 5.41) is 17.2. The lowest BCUT2D eigenvalue weighted by Crippen LogP contribution is -2.48. The zero-order chi connectivity index (χ0) is 48.0. The van der Waals surface area contributed by atoms with Crippen LogP contribution in [0.3, 0.4) is 0 Å². The minimum absolute atomic E-state index is 0.0273. The molecule has 0 bridgehead atoms. The number of aromatic nitrogens is 2. The fourth-order valence-corrected chi connectivity index (χ4v) is 7.10. The molecule has 6 aromatic rings. The predicted octanol–water partition coefficient (Wildman–Crippen LogP) is 7.55. The number of rotatable bonds is 15. The molecule has 18 nitrogen and oxygen atoms in total. The van der Waals surface area contributed by atoms with Crippen LogP contribution in [0.2, 0.25) is 0 Å². The maximum absolute atomic E-state index is 13.1. The van der Waals surface area contributed by atoms with Gasteiger partial charge >= 0.3 is 12.2 Å². The number of hydrazone groups is 2. The SMILES string of the molecule is CCC1OC(=O)N(C(NC(=O)c2ccncc2)c2ccccc2)N=C1c1ccc(OC)c(OC)c1.COc1ccc(C2=NN(C(NC(=O)c3ccccn3)c3ccccc3)C(=O)OC2)cc1OC. The molecule has 0 aliphatic carbocycles. The van der Waals surface area contributed by atoms with Gasteiger partial charge in [-0.3, -0.25) is 19.6 Å². The second-order valence-electron chi connectivity index (χ2n) is 14.7. The topological polar surface area (TPSA) is 205 Å². The predicted molar refractivity (Wildman–Crippen MR) is 250 cm³/mol. The molecule has 2 aromatic heterocycles. The standard InChI is InChI=1S/C26H26N4O5.C24H22N4O5/c1-4-20-23(19-10-11-21(33-2)22(16-19)34-3)29-30(26(32)35-20)24(17-8-6-5-7-9-17)28-25(31)18-12-14-27-15-13-18;1-31-20-12-11-17(14-21(20)32-2)19-15-33-24(30)28(27-19)22(16-8-4-3-5-9-16)26-23(29)18-10-6-7-13-25-18/h5-16,20,24H,4H2,1-3H3,(H,28,31);3-14,22H,15H2,1-2H3,(H,26,29). The zero-order valence-electron chi connectivity index (χ0n) is 37.8. The number of hydrogen-bond acceptors (Lipinski definition) is 14. The number of hydrogen-bond donors (Lipinski definition) is 2. The Kier molecular flexibility index (Phi) is 15.5. The van der Waals surface area contributed by atoms with Crippen molar-refractivity contribution in [2.45, 2.75) is 31.8 Å². The number of carbonyl (C=O) groups excluding carboxylic acids is 4. The molecule has 4 heterocycles. The number of methoxy groups -OCH3 is 4. The van der Waals surface area contributed by atoms with Crippen molar-refractivity contribution in [1.29, 1.82) is 0 Å². The van der Waals surface area contributed by atoms with Crippen molar-refractivity contribution in [2.24, 2.45) is 10.2 Å². The minimum atomic E-state index is -0.913. The molecule has 3 unspecified atom stereocenters. The van der Waals surface area contributed by atoms with E-state index in [-0.39, 0.29) is 18.2 Å². The Bertz CT molecular complexity index is 2760. The molecule has 3 atom stereocenters. The number of nitrogens with one attached hydrogen (secondary N) is 2. The molecule has 4 amide bonds. The second kappa shape index (κ2) is 22.4. The van der Waals surface area contributed by atoms with E-state index in [1.54, 1.807) is 94.1 Å². The van der Waals surface area contributed by atoms with E-state index in [2.05, 4.69) is 25.7 Å². The van der Waals surface area contributed by atoms with E-state index in [9.17, 15) is 19.2 Å². The molecular formula is C50H48N8O10. The lowest BCUT2D eigenvalue weighted by molar-refractivity contribution is 0.0492. The van der Waals surface area contributed by atoms with Gasteiger partial charge in [-0.05, 0) is 78.2 Å². The van der Waals surface area contributed by atoms with Crippen LogP contribution in [-0.4, -0.2) is 96.6 Å². The van der Waals surface area contributed by atoms with Gasteiger partial charge in [-0.1, -0.05) is 73.7 Å². The van der Waals surface area contributed by atoms with Crippen molar-refractivity contribution in [3.05, 3.63) is 179 Å². The fourth-order valence-electron chi connectivity index (χ4n) is 7.10. The third kappa shape index (κ3) is 11.0. The summed E-state index contributed by atoms with van der Waals surface area (Å²) in [6.07, 6.45) is 1.37. The average molecular weight is 921 g/mol. The van der Waals surface area contributed by atoms with Crippen LogP contribution >= 0.6 is 0 Å². The maximum Gasteiger partial charge on any atom is 0.433 e. The molecular weight excluding hydrogens is 873 g/mol. The summed E-state index contributed by atoms with van der Waals surface area (Å²) in [6.45, 7) is 1.88. The van der Waals surface area contributed by atoms with Gasteiger partial charge < -0.3 is 39.1 Å². The quantitative estimate of drug-likeness (QED) is 0.103. The Morgan fingerprint density at radius 1 is 0.632 bits per heavy atom. The molecule has 2 aliphatic heterocycles. The summed E-state index contributed by atoms with van der Waals surface area (Å²) >= 11 is 0. The summed E-state index contributed by atoms with van der Waals surface area (Å²) in [6, 6.07) is 37.0. The molecule has 0 saturated carbocycles. The van der Waals surface area contributed by atoms with Crippen LogP contribution in [0.15, 0.2) is 156 Å². The van der Waals surface area contributed by atoms with E-state index in [0.717, 1.165) is 10.0 Å². The van der Waals surface area contributed by atoms with Gasteiger partial charge in [-0.25, -0.2) is 9.59 Å². The van der Waals surface area contributed by atoms with Gasteiger partial charge in [0.2, 0.25) is 0 Å². The number of cyclic esters (lactones) is 2. The first-order valence-corrected chi connectivity index (χ1v) is 21.3. The van der Waals surface area contributed by atoms with E-state index in [1.165, 1.54) is 25.7 Å². The van der Waals surface area contributed by atoms with E-state index < -0.39 is 36.5 Å². The van der Waals surface area contributed by atoms with Crippen molar-refractivity contribution in [3.8, 4) is 23.0 Å². The summed E-state index contributed by atoms with van der Waals surface area (Å²) in [4.78, 5) is 59.7. The Hall–Kier alpha value is -8.80. The van der Waals surface area contributed by atoms with Gasteiger partial charge in [0, 0.05) is 35.3 Å². The smallest absolute Gasteiger partial charge is 0.433 e. The molecule has 348 valence electrons. The third-order valence-electron chi connectivity index (χ3n) is 10.6. The number of amides is 4. The summed E-state index contributed by atoms with van der Waals surface area (Å²) in [7, 11) is 6.20. The van der Waals surface area contributed by atoms with Gasteiger partial charge in [0.05, 0.1) is 28.4 Å². The summed E-state index contributed by atoms with van der Waals surface area (Å²) in [5.41, 5.74) is 4.35. The lowest BCUT2D eigenvalue weighted by atomic mass is 10.0. The molecule has 8 rings (SSSR count). The van der Waals surface area contributed by atoms with Crippen molar-refractivity contribution >= 4 is 35.4 Å². The normalized spacial score (nSPS) is 15.1. The van der Waals surface area contributed by atoms with Crippen LogP contribution in [-0.2, 0) is 9.47 Å². The minimum Gasteiger partial charge on any atom is -0.493 e. The number of nitrogens with zero attached hydrogens (tertiary/aromatic N) is 6. The van der Waals surface area contributed by atoms with Crippen LogP contribution < -0.4 is 29.6 Å². The Labute approximate surface area is 392 Å². The second-order valence-corrected chi connectivity index (χ2v) is 14.7. The van der Waals surface area contributed by atoms with Gasteiger partial charge in [0.15, 0.2) is 35.3 Å².